The predicted molar refractivity (Wildman–Crippen MR) is 79.8 cm³/mol. The minimum Gasteiger partial charge on any atom is -0.325 e. The summed E-state index contributed by atoms with van der Waals surface area (Å²) in [5.41, 5.74) is 3.12. The summed E-state index contributed by atoms with van der Waals surface area (Å²) in [5.74, 6) is 0.0705. The highest BCUT2D eigenvalue weighted by Crippen LogP contribution is 2.17. The molecule has 1 fully saturated rings. The number of benzene rings is 1. The van der Waals surface area contributed by atoms with E-state index in [0.29, 0.717) is 13.1 Å². The van der Waals surface area contributed by atoms with Gasteiger partial charge < -0.3 is 10.1 Å². The molecule has 4 nitrogen and oxygen atoms in total. The lowest BCUT2D eigenvalue weighted by molar-refractivity contribution is -0.119. The molecule has 0 aromatic heterocycles. The lowest BCUT2D eigenvalue weighted by Gasteiger charge is -2.29. The van der Waals surface area contributed by atoms with Crippen molar-refractivity contribution in [3.8, 4) is 0 Å². The summed E-state index contributed by atoms with van der Waals surface area (Å²) in [6.07, 6.45) is 2.94. The topological polar surface area (TPSA) is 49.4 Å². The average Bonchev–Trinajstić information content (AvgIpc) is 2.42. The Morgan fingerprint density at radius 2 is 2.25 bits per heavy atom. The number of aldehydes is 1. The Morgan fingerprint density at radius 3 is 2.95 bits per heavy atom. The maximum absolute atomic E-state index is 12.1. The largest absolute Gasteiger partial charge is 0.325 e. The Labute approximate surface area is 120 Å². The number of hydrogen-bond acceptors (Lipinski definition) is 3. The van der Waals surface area contributed by atoms with E-state index in [1.807, 2.05) is 26.0 Å². The van der Waals surface area contributed by atoms with Crippen molar-refractivity contribution >= 4 is 17.9 Å². The first-order valence-corrected chi connectivity index (χ1v) is 7.13. The fraction of sp³-hybridized carbons (Fsp3) is 0.500. The summed E-state index contributed by atoms with van der Waals surface area (Å²) in [7, 11) is 0. The van der Waals surface area contributed by atoms with E-state index in [1.54, 1.807) is 0 Å². The number of carbonyl (C=O) groups excluding carboxylic acids is 2. The van der Waals surface area contributed by atoms with Crippen LogP contribution in [-0.2, 0) is 9.59 Å². The number of carbonyl (C=O) groups is 2. The molecule has 1 N–H and O–H groups in total. The predicted octanol–water partition coefficient (Wildman–Crippen LogP) is 2.15. The van der Waals surface area contributed by atoms with Gasteiger partial charge in [0, 0.05) is 18.2 Å². The van der Waals surface area contributed by atoms with E-state index in [-0.39, 0.29) is 11.8 Å². The van der Waals surface area contributed by atoms with Gasteiger partial charge in [0.15, 0.2) is 0 Å². The van der Waals surface area contributed by atoms with Gasteiger partial charge in [-0.05, 0) is 44.9 Å². The second kappa shape index (κ2) is 6.66. The standard InChI is InChI=1S/C16H22N2O2/c1-12-5-6-15(13(2)8-12)17-16(20)10-18-7-3-4-14(9-18)11-19/h5-6,8,11,14H,3-4,7,9-10H2,1-2H3,(H,17,20). The van der Waals surface area contributed by atoms with Crippen LogP contribution in [0.3, 0.4) is 0 Å². The zero-order valence-electron chi connectivity index (χ0n) is 12.2. The molecular formula is C16H22N2O2. The molecule has 0 radical (unpaired) electrons. The van der Waals surface area contributed by atoms with Crippen LogP contribution >= 0.6 is 0 Å². The van der Waals surface area contributed by atoms with E-state index < -0.39 is 0 Å². The van der Waals surface area contributed by atoms with Crippen molar-refractivity contribution in [1.82, 2.24) is 4.90 Å². The molecule has 1 atom stereocenters. The van der Waals surface area contributed by atoms with Gasteiger partial charge in [-0.2, -0.15) is 0 Å². The Morgan fingerprint density at radius 1 is 1.45 bits per heavy atom. The molecule has 1 aromatic rings. The minimum absolute atomic E-state index is 0.0106. The van der Waals surface area contributed by atoms with Crippen molar-refractivity contribution in [2.45, 2.75) is 26.7 Å². The van der Waals surface area contributed by atoms with Crippen molar-refractivity contribution in [2.24, 2.45) is 5.92 Å². The lowest BCUT2D eigenvalue weighted by Crippen LogP contribution is -2.40. The number of anilines is 1. The van der Waals surface area contributed by atoms with Crippen LogP contribution in [0.4, 0.5) is 5.69 Å². The zero-order chi connectivity index (χ0) is 14.5. The Balaban J connectivity index is 1.90. The number of nitrogens with one attached hydrogen (secondary N) is 1. The lowest BCUT2D eigenvalue weighted by atomic mass is 10.00. The van der Waals surface area contributed by atoms with Crippen LogP contribution in [0.15, 0.2) is 18.2 Å². The van der Waals surface area contributed by atoms with Crippen molar-refractivity contribution < 1.29 is 9.59 Å². The molecule has 1 unspecified atom stereocenters. The molecule has 4 heteroatoms. The Hall–Kier alpha value is -1.68. The summed E-state index contributed by atoms with van der Waals surface area (Å²) in [4.78, 5) is 25.0. The molecule has 1 aliphatic heterocycles. The molecule has 0 bridgehead atoms. The van der Waals surface area contributed by atoms with Crippen LogP contribution in [-0.4, -0.2) is 36.7 Å². The second-order valence-corrected chi connectivity index (χ2v) is 5.64. The molecule has 2 rings (SSSR count). The van der Waals surface area contributed by atoms with Gasteiger partial charge in [0.25, 0.3) is 0 Å². The molecule has 1 aromatic carbocycles. The number of likely N-dealkylation sites (tertiary alicyclic amines) is 1. The molecule has 108 valence electrons. The summed E-state index contributed by atoms with van der Waals surface area (Å²) in [6, 6.07) is 5.98. The highest BCUT2D eigenvalue weighted by molar-refractivity contribution is 5.93. The first-order chi connectivity index (χ1) is 9.58. The van der Waals surface area contributed by atoms with Crippen LogP contribution in [0.2, 0.25) is 0 Å². The van der Waals surface area contributed by atoms with Crippen molar-refractivity contribution in [2.75, 3.05) is 25.0 Å². The fourth-order valence-corrected chi connectivity index (χ4v) is 2.69. The molecule has 1 aliphatic rings. The van der Waals surface area contributed by atoms with Crippen LogP contribution in [0.1, 0.15) is 24.0 Å². The molecule has 0 aliphatic carbocycles. The van der Waals surface area contributed by atoms with Crippen LogP contribution in [0.5, 0.6) is 0 Å². The van der Waals surface area contributed by atoms with E-state index in [4.69, 9.17) is 0 Å². The quantitative estimate of drug-likeness (QED) is 0.856. The van der Waals surface area contributed by atoms with Gasteiger partial charge in [-0.1, -0.05) is 17.7 Å². The maximum Gasteiger partial charge on any atom is 0.238 e. The number of piperidine rings is 1. The van der Waals surface area contributed by atoms with Gasteiger partial charge >= 0.3 is 0 Å². The van der Waals surface area contributed by atoms with Crippen LogP contribution in [0.25, 0.3) is 0 Å². The summed E-state index contributed by atoms with van der Waals surface area (Å²) < 4.78 is 0. The van der Waals surface area contributed by atoms with Crippen molar-refractivity contribution in [3.63, 3.8) is 0 Å². The van der Waals surface area contributed by atoms with Crippen LogP contribution < -0.4 is 5.32 Å². The molecule has 1 amide bonds. The van der Waals surface area contributed by atoms with E-state index in [9.17, 15) is 9.59 Å². The minimum atomic E-state index is -0.0106. The molecule has 1 saturated heterocycles. The number of nitrogens with zero attached hydrogens (tertiary/aromatic N) is 1. The molecule has 0 saturated carbocycles. The van der Waals surface area contributed by atoms with E-state index >= 15 is 0 Å². The van der Waals surface area contributed by atoms with Gasteiger partial charge in [0.1, 0.15) is 6.29 Å². The SMILES string of the molecule is Cc1ccc(NC(=O)CN2CCCC(C=O)C2)c(C)c1. The smallest absolute Gasteiger partial charge is 0.238 e. The highest BCUT2D eigenvalue weighted by Gasteiger charge is 2.21. The first-order valence-electron chi connectivity index (χ1n) is 7.13. The summed E-state index contributed by atoms with van der Waals surface area (Å²) in [6.45, 7) is 5.98. The number of rotatable bonds is 4. The average molecular weight is 274 g/mol. The van der Waals surface area contributed by atoms with E-state index in [0.717, 1.165) is 36.9 Å². The first kappa shape index (κ1) is 14.7. The van der Waals surface area contributed by atoms with Gasteiger partial charge in [-0.3, -0.25) is 9.69 Å². The molecule has 20 heavy (non-hydrogen) atoms. The number of aryl methyl sites for hydroxylation is 2. The van der Waals surface area contributed by atoms with Crippen molar-refractivity contribution in [3.05, 3.63) is 29.3 Å². The number of amides is 1. The summed E-state index contributed by atoms with van der Waals surface area (Å²) in [5, 5.41) is 2.95. The van der Waals surface area contributed by atoms with Gasteiger partial charge in [0.2, 0.25) is 5.91 Å². The van der Waals surface area contributed by atoms with Gasteiger partial charge in [-0.15, -0.1) is 0 Å². The maximum atomic E-state index is 12.1. The highest BCUT2D eigenvalue weighted by atomic mass is 16.2. The van der Waals surface area contributed by atoms with Crippen LogP contribution in [0, 0.1) is 19.8 Å². The Bertz CT molecular complexity index is 499. The van der Waals surface area contributed by atoms with Gasteiger partial charge in [-0.25, -0.2) is 0 Å². The van der Waals surface area contributed by atoms with E-state index in [1.165, 1.54) is 5.56 Å². The third-order valence-corrected chi connectivity index (χ3v) is 3.76. The molecular weight excluding hydrogens is 252 g/mol. The van der Waals surface area contributed by atoms with Crippen molar-refractivity contribution in [1.29, 1.82) is 0 Å². The molecule has 0 spiro atoms. The number of hydrogen-bond donors (Lipinski definition) is 1. The Kier molecular flexibility index (Phi) is 4.90. The fourth-order valence-electron chi connectivity index (χ4n) is 2.69. The second-order valence-electron chi connectivity index (χ2n) is 5.64. The summed E-state index contributed by atoms with van der Waals surface area (Å²) >= 11 is 0. The normalized spacial score (nSPS) is 19.6. The van der Waals surface area contributed by atoms with Gasteiger partial charge in [0.05, 0.1) is 6.54 Å². The van der Waals surface area contributed by atoms with E-state index in [2.05, 4.69) is 16.3 Å². The monoisotopic (exact) mass is 274 g/mol. The third kappa shape index (κ3) is 3.90. The third-order valence-electron chi connectivity index (χ3n) is 3.76. The molecule has 1 heterocycles. The zero-order valence-corrected chi connectivity index (χ0v) is 12.2.